The molecule has 0 fully saturated rings. The van der Waals surface area contributed by atoms with Gasteiger partial charge < -0.3 is 10.2 Å². The molecule has 0 aliphatic heterocycles. The number of likely N-dealkylation sites (N-methyl/N-ethyl adjacent to an activating group) is 1. The lowest BCUT2D eigenvalue weighted by Crippen LogP contribution is -2.52. The lowest BCUT2D eigenvalue weighted by molar-refractivity contribution is -0.140. The molecule has 0 radical (unpaired) electrons. The van der Waals surface area contributed by atoms with E-state index in [0.29, 0.717) is 23.7 Å². The summed E-state index contributed by atoms with van der Waals surface area (Å²) < 4.78 is 28.7. The van der Waals surface area contributed by atoms with Crippen molar-refractivity contribution in [1.29, 1.82) is 0 Å². The average Bonchev–Trinajstić information content (AvgIpc) is 2.89. The molecule has 0 aliphatic carbocycles. The van der Waals surface area contributed by atoms with Gasteiger partial charge in [0, 0.05) is 18.1 Å². The van der Waals surface area contributed by atoms with Crippen LogP contribution in [0.5, 0.6) is 0 Å². The van der Waals surface area contributed by atoms with E-state index in [1.807, 2.05) is 52.0 Å². The van der Waals surface area contributed by atoms with Crippen LogP contribution in [0, 0.1) is 13.8 Å². The molecular weight excluding hydrogens is 522 g/mol. The van der Waals surface area contributed by atoms with Crippen LogP contribution in [0.2, 0.25) is 5.02 Å². The fourth-order valence-corrected chi connectivity index (χ4v) is 5.62. The maximum absolute atomic E-state index is 13.9. The Hall–Kier alpha value is -3.36. The van der Waals surface area contributed by atoms with Crippen molar-refractivity contribution < 1.29 is 18.0 Å². The number of nitrogens with zero attached hydrogens (tertiary/aromatic N) is 2. The lowest BCUT2D eigenvalue weighted by atomic mass is 10.1. The Morgan fingerprint density at radius 2 is 1.42 bits per heavy atom. The van der Waals surface area contributed by atoms with Gasteiger partial charge in [0.1, 0.15) is 12.6 Å². The second-order valence-electron chi connectivity index (χ2n) is 9.13. The van der Waals surface area contributed by atoms with Crippen LogP contribution < -0.4 is 9.62 Å². The first-order chi connectivity index (χ1) is 18.1. The standard InChI is InChI=1S/C29H34ClN3O4S/c1-5-27(29(35)31-6-2)32(19-23-11-7-21(3)8-12-23)28(34)20-33(25-15-13-24(30)14-16-25)38(36,37)26-17-9-22(4)10-18-26/h7-18,27H,5-6,19-20H2,1-4H3,(H,31,35). The molecule has 202 valence electrons. The van der Waals surface area contributed by atoms with E-state index in [0.717, 1.165) is 21.0 Å². The highest BCUT2D eigenvalue weighted by Gasteiger charge is 2.33. The molecule has 0 saturated heterocycles. The third-order valence-corrected chi connectivity index (χ3v) is 8.25. The summed E-state index contributed by atoms with van der Waals surface area (Å²) in [6.07, 6.45) is 0.370. The summed E-state index contributed by atoms with van der Waals surface area (Å²) in [5, 5.41) is 3.24. The quantitative estimate of drug-likeness (QED) is 0.357. The Morgan fingerprint density at radius 1 is 0.868 bits per heavy atom. The summed E-state index contributed by atoms with van der Waals surface area (Å²) in [6.45, 7) is 7.57. The van der Waals surface area contributed by atoms with Gasteiger partial charge in [-0.2, -0.15) is 0 Å². The molecule has 0 aliphatic rings. The van der Waals surface area contributed by atoms with Crippen LogP contribution in [-0.2, 0) is 26.2 Å². The number of carbonyl (C=O) groups excluding carboxylic acids is 2. The molecule has 0 bridgehead atoms. The number of hydrogen-bond acceptors (Lipinski definition) is 4. The number of sulfonamides is 1. The second-order valence-corrected chi connectivity index (χ2v) is 11.4. The maximum atomic E-state index is 13.9. The Labute approximate surface area is 230 Å². The molecule has 1 atom stereocenters. The SMILES string of the molecule is CCNC(=O)C(CC)N(Cc1ccc(C)cc1)C(=O)CN(c1ccc(Cl)cc1)S(=O)(=O)c1ccc(C)cc1. The summed E-state index contributed by atoms with van der Waals surface area (Å²) >= 11 is 6.06. The molecule has 0 saturated carbocycles. The Balaban J connectivity index is 2.04. The van der Waals surface area contributed by atoms with Gasteiger partial charge in [-0.05, 0) is 69.2 Å². The molecule has 0 heterocycles. The number of hydrogen-bond donors (Lipinski definition) is 1. The van der Waals surface area contributed by atoms with E-state index in [1.54, 1.807) is 36.4 Å². The number of anilines is 1. The van der Waals surface area contributed by atoms with E-state index >= 15 is 0 Å². The largest absolute Gasteiger partial charge is 0.355 e. The Kier molecular flexibility index (Phi) is 9.94. The number of nitrogens with one attached hydrogen (secondary N) is 1. The van der Waals surface area contributed by atoms with Gasteiger partial charge in [0.05, 0.1) is 10.6 Å². The number of rotatable bonds is 11. The fraction of sp³-hybridized carbons (Fsp3) is 0.310. The first-order valence-electron chi connectivity index (χ1n) is 12.5. The predicted octanol–water partition coefficient (Wildman–Crippen LogP) is 5.10. The van der Waals surface area contributed by atoms with Crippen molar-refractivity contribution in [3.05, 3.63) is 94.5 Å². The van der Waals surface area contributed by atoms with Gasteiger partial charge in [-0.15, -0.1) is 0 Å². The van der Waals surface area contributed by atoms with Crippen molar-refractivity contribution >= 4 is 39.1 Å². The highest BCUT2D eigenvalue weighted by Crippen LogP contribution is 2.26. The number of aryl methyl sites for hydroxylation is 2. The number of amides is 2. The van der Waals surface area contributed by atoms with Crippen molar-refractivity contribution in [3.63, 3.8) is 0 Å². The molecule has 7 nitrogen and oxygen atoms in total. The van der Waals surface area contributed by atoms with Gasteiger partial charge in [-0.25, -0.2) is 8.42 Å². The molecule has 1 N–H and O–H groups in total. The molecule has 2 amide bonds. The van der Waals surface area contributed by atoms with Crippen LogP contribution in [0.3, 0.4) is 0 Å². The fourth-order valence-electron chi connectivity index (χ4n) is 4.08. The zero-order valence-electron chi connectivity index (χ0n) is 22.1. The van der Waals surface area contributed by atoms with Crippen LogP contribution >= 0.6 is 11.6 Å². The van der Waals surface area contributed by atoms with Crippen molar-refractivity contribution in [1.82, 2.24) is 10.2 Å². The first kappa shape index (κ1) is 29.2. The minimum absolute atomic E-state index is 0.0618. The maximum Gasteiger partial charge on any atom is 0.264 e. The minimum Gasteiger partial charge on any atom is -0.355 e. The molecule has 0 spiro atoms. The van der Waals surface area contributed by atoms with E-state index < -0.39 is 28.5 Å². The second kappa shape index (κ2) is 12.9. The van der Waals surface area contributed by atoms with Crippen LogP contribution in [-0.4, -0.2) is 44.3 Å². The molecule has 3 rings (SSSR count). The molecule has 9 heteroatoms. The monoisotopic (exact) mass is 555 g/mol. The smallest absolute Gasteiger partial charge is 0.264 e. The molecule has 38 heavy (non-hydrogen) atoms. The zero-order chi connectivity index (χ0) is 27.9. The van der Waals surface area contributed by atoms with E-state index in [1.165, 1.54) is 17.0 Å². The zero-order valence-corrected chi connectivity index (χ0v) is 23.7. The van der Waals surface area contributed by atoms with Crippen molar-refractivity contribution in [3.8, 4) is 0 Å². The van der Waals surface area contributed by atoms with E-state index in [2.05, 4.69) is 5.32 Å². The topological polar surface area (TPSA) is 86.8 Å². The lowest BCUT2D eigenvalue weighted by Gasteiger charge is -2.33. The molecular formula is C29H34ClN3O4S. The summed E-state index contributed by atoms with van der Waals surface area (Å²) in [5.41, 5.74) is 3.12. The summed E-state index contributed by atoms with van der Waals surface area (Å²) in [4.78, 5) is 28.4. The van der Waals surface area contributed by atoms with Crippen molar-refractivity contribution in [2.75, 3.05) is 17.4 Å². The number of benzene rings is 3. The van der Waals surface area contributed by atoms with Gasteiger partial charge in [-0.3, -0.25) is 13.9 Å². The van der Waals surface area contributed by atoms with Crippen LogP contribution in [0.25, 0.3) is 0 Å². The average molecular weight is 556 g/mol. The first-order valence-corrected chi connectivity index (χ1v) is 14.4. The summed E-state index contributed by atoms with van der Waals surface area (Å²) in [7, 11) is -4.11. The highest BCUT2D eigenvalue weighted by atomic mass is 35.5. The molecule has 3 aromatic rings. The third kappa shape index (κ3) is 7.14. The number of halogens is 1. The molecule has 0 aromatic heterocycles. The van der Waals surface area contributed by atoms with Gasteiger partial charge in [0.15, 0.2) is 0 Å². The highest BCUT2D eigenvalue weighted by molar-refractivity contribution is 7.92. The normalized spacial score (nSPS) is 12.0. The minimum atomic E-state index is -4.11. The Morgan fingerprint density at radius 3 is 1.95 bits per heavy atom. The molecule has 1 unspecified atom stereocenters. The van der Waals surface area contributed by atoms with Crippen molar-refractivity contribution in [2.24, 2.45) is 0 Å². The van der Waals surface area contributed by atoms with Gasteiger partial charge in [-0.1, -0.05) is 66.0 Å². The van der Waals surface area contributed by atoms with Crippen LogP contribution in [0.1, 0.15) is 37.0 Å². The van der Waals surface area contributed by atoms with Gasteiger partial charge in [0.2, 0.25) is 11.8 Å². The third-order valence-electron chi connectivity index (χ3n) is 6.21. The van der Waals surface area contributed by atoms with Gasteiger partial charge >= 0.3 is 0 Å². The summed E-state index contributed by atoms with van der Waals surface area (Å²) in [6, 6.07) is 19.6. The summed E-state index contributed by atoms with van der Waals surface area (Å²) in [5.74, 6) is -0.774. The van der Waals surface area contributed by atoms with Gasteiger partial charge in [0.25, 0.3) is 10.0 Å². The van der Waals surface area contributed by atoms with Crippen LogP contribution in [0.4, 0.5) is 5.69 Å². The van der Waals surface area contributed by atoms with E-state index in [-0.39, 0.29) is 17.3 Å². The van der Waals surface area contributed by atoms with E-state index in [4.69, 9.17) is 11.6 Å². The van der Waals surface area contributed by atoms with Crippen LogP contribution in [0.15, 0.2) is 77.7 Å². The van der Waals surface area contributed by atoms with E-state index in [9.17, 15) is 18.0 Å². The Bertz CT molecular complexity index is 1340. The van der Waals surface area contributed by atoms with Crippen molar-refractivity contribution in [2.45, 2.75) is 51.6 Å². The number of carbonyl (C=O) groups is 2. The predicted molar refractivity (Wildman–Crippen MR) is 152 cm³/mol. The molecule has 3 aromatic carbocycles.